The van der Waals surface area contributed by atoms with E-state index >= 15 is 0 Å². The third-order valence-corrected chi connectivity index (χ3v) is 4.81. The molecular weight excluding hydrogens is 347 g/mol. The Labute approximate surface area is 156 Å². The van der Waals surface area contributed by atoms with Gasteiger partial charge >= 0.3 is 5.97 Å². The molecule has 0 aliphatic rings. The van der Waals surface area contributed by atoms with Gasteiger partial charge in [-0.2, -0.15) is 0 Å². The Morgan fingerprint density at radius 2 is 2.04 bits per heavy atom. The van der Waals surface area contributed by atoms with Gasteiger partial charge in [-0.1, -0.05) is 20.8 Å². The zero-order valence-electron chi connectivity index (χ0n) is 15.9. The van der Waals surface area contributed by atoms with Gasteiger partial charge in [-0.05, 0) is 36.3 Å². The van der Waals surface area contributed by atoms with Gasteiger partial charge in [0, 0.05) is 29.8 Å². The summed E-state index contributed by atoms with van der Waals surface area (Å²) < 4.78 is 14.4. The first-order valence-corrected chi connectivity index (χ1v) is 8.82. The molecule has 0 radical (unpaired) electrons. The van der Waals surface area contributed by atoms with Gasteiger partial charge in [0.1, 0.15) is 5.65 Å². The molecule has 0 bridgehead atoms. The third-order valence-electron chi connectivity index (χ3n) is 4.81. The number of nitrogens with zero attached hydrogens (tertiary/aromatic N) is 3. The van der Waals surface area contributed by atoms with Crippen LogP contribution < -0.4 is 0 Å². The van der Waals surface area contributed by atoms with E-state index in [-0.39, 0.29) is 29.9 Å². The highest BCUT2D eigenvalue weighted by atomic mass is 19.1. The molecule has 27 heavy (non-hydrogen) atoms. The van der Waals surface area contributed by atoms with Crippen LogP contribution in [0.1, 0.15) is 38.4 Å². The van der Waals surface area contributed by atoms with Crippen molar-refractivity contribution in [3.63, 3.8) is 0 Å². The van der Waals surface area contributed by atoms with Crippen LogP contribution in [0.5, 0.6) is 0 Å². The van der Waals surface area contributed by atoms with Crippen molar-refractivity contribution in [1.82, 2.24) is 19.9 Å². The number of aromatic amines is 1. The smallest absolute Gasteiger partial charge is 0.303 e. The molecule has 0 aliphatic carbocycles. The maximum absolute atomic E-state index is 14.4. The number of fused-ring (bicyclic) bond motifs is 1. The fraction of sp³-hybridized carbons (Fsp3) is 0.400. The lowest BCUT2D eigenvalue weighted by Gasteiger charge is -2.29. The molecular formula is C20H23FN4O2. The minimum Gasteiger partial charge on any atom is -0.481 e. The number of carbonyl (C=O) groups is 1. The number of halogens is 1. The lowest BCUT2D eigenvalue weighted by Crippen LogP contribution is -2.26. The first-order chi connectivity index (χ1) is 12.6. The molecule has 0 unspecified atom stereocenters. The zero-order valence-corrected chi connectivity index (χ0v) is 15.9. The average molecular weight is 370 g/mol. The van der Waals surface area contributed by atoms with E-state index in [9.17, 15) is 14.3 Å². The second-order valence-corrected chi connectivity index (χ2v) is 7.96. The molecule has 0 spiro atoms. The maximum atomic E-state index is 14.4. The lowest BCUT2D eigenvalue weighted by atomic mass is 9.76. The van der Waals surface area contributed by atoms with E-state index in [0.29, 0.717) is 11.5 Å². The molecule has 6 nitrogen and oxygen atoms in total. The summed E-state index contributed by atoms with van der Waals surface area (Å²) in [6, 6.07) is 1.98. The number of aliphatic carboxylic acids is 1. The number of carboxylic acid groups (broad SMARTS) is 1. The Bertz CT molecular complexity index is 991. The molecule has 142 valence electrons. The minimum absolute atomic E-state index is 0.0432. The molecule has 0 aliphatic heterocycles. The number of H-pyrrole nitrogens is 1. The summed E-state index contributed by atoms with van der Waals surface area (Å²) in [4.78, 5) is 27.2. The number of nitrogens with one attached hydrogen (secondary N) is 1. The van der Waals surface area contributed by atoms with Crippen LogP contribution in [0.2, 0.25) is 0 Å². The van der Waals surface area contributed by atoms with Gasteiger partial charge < -0.3 is 10.1 Å². The van der Waals surface area contributed by atoms with Crippen molar-refractivity contribution in [2.45, 2.75) is 40.5 Å². The number of hydrogen-bond donors (Lipinski definition) is 2. The minimum atomic E-state index is -0.900. The van der Waals surface area contributed by atoms with Crippen molar-refractivity contribution < 1.29 is 14.3 Å². The molecule has 0 aromatic carbocycles. The fourth-order valence-corrected chi connectivity index (χ4v) is 3.10. The third kappa shape index (κ3) is 4.13. The summed E-state index contributed by atoms with van der Waals surface area (Å²) in [6.07, 6.45) is 4.86. The molecule has 3 aromatic heterocycles. The van der Waals surface area contributed by atoms with E-state index in [1.165, 1.54) is 0 Å². The van der Waals surface area contributed by atoms with E-state index in [4.69, 9.17) is 0 Å². The molecule has 3 aromatic rings. The monoisotopic (exact) mass is 370 g/mol. The standard InChI is InChI=1S/C20H23FN4O2/c1-11-5-13-14(9-23-18(13)22-8-11)19-24-10-15(21)16(25-19)6-12(7-17(26)27)20(2,3)4/h5,8-10,12H,6-7H2,1-4H3,(H,22,23)(H,26,27)/t12-/m1/s1. The fourth-order valence-electron chi connectivity index (χ4n) is 3.10. The summed E-state index contributed by atoms with van der Waals surface area (Å²) in [5.74, 6) is -1.28. The van der Waals surface area contributed by atoms with Gasteiger partial charge in [0.2, 0.25) is 0 Å². The molecule has 7 heteroatoms. The average Bonchev–Trinajstić information content (AvgIpc) is 2.98. The predicted molar refractivity (Wildman–Crippen MR) is 101 cm³/mol. The van der Waals surface area contributed by atoms with Gasteiger partial charge in [-0.25, -0.2) is 19.3 Å². The van der Waals surface area contributed by atoms with Crippen molar-refractivity contribution in [3.05, 3.63) is 41.7 Å². The van der Waals surface area contributed by atoms with Crippen molar-refractivity contribution in [2.24, 2.45) is 11.3 Å². The van der Waals surface area contributed by atoms with E-state index < -0.39 is 11.8 Å². The van der Waals surface area contributed by atoms with Crippen molar-refractivity contribution in [3.8, 4) is 11.4 Å². The van der Waals surface area contributed by atoms with Gasteiger partial charge in [0.15, 0.2) is 11.6 Å². The van der Waals surface area contributed by atoms with Crippen molar-refractivity contribution in [1.29, 1.82) is 0 Å². The van der Waals surface area contributed by atoms with Crippen LogP contribution in [-0.2, 0) is 11.2 Å². The number of pyridine rings is 1. The number of aromatic nitrogens is 4. The second-order valence-electron chi connectivity index (χ2n) is 7.96. The van der Waals surface area contributed by atoms with Gasteiger partial charge in [-0.3, -0.25) is 4.79 Å². The molecule has 0 saturated heterocycles. The van der Waals surface area contributed by atoms with Crippen LogP contribution >= 0.6 is 0 Å². The number of carboxylic acids is 1. The molecule has 0 saturated carbocycles. The van der Waals surface area contributed by atoms with Crippen LogP contribution in [0, 0.1) is 24.1 Å². The van der Waals surface area contributed by atoms with Gasteiger partial charge in [-0.15, -0.1) is 0 Å². The Hall–Kier alpha value is -2.83. The summed E-state index contributed by atoms with van der Waals surface area (Å²) in [7, 11) is 0. The van der Waals surface area contributed by atoms with Gasteiger partial charge in [0.25, 0.3) is 0 Å². The Balaban J connectivity index is 2.01. The number of hydrogen-bond acceptors (Lipinski definition) is 4. The van der Waals surface area contributed by atoms with Crippen LogP contribution in [0.3, 0.4) is 0 Å². The predicted octanol–water partition coefficient (Wildman–Crippen LogP) is 4.15. The highest BCUT2D eigenvalue weighted by Gasteiger charge is 2.29. The molecule has 3 rings (SSSR count). The zero-order chi connectivity index (χ0) is 19.8. The SMILES string of the molecule is Cc1cnc2[nH]cc(-c3ncc(F)c(C[C@H](CC(=O)O)C(C)(C)C)n3)c2c1. The Kier molecular flexibility index (Phi) is 4.95. The van der Waals surface area contributed by atoms with Gasteiger partial charge in [0.05, 0.1) is 11.9 Å². The number of rotatable bonds is 5. The Morgan fingerprint density at radius 1 is 1.30 bits per heavy atom. The highest BCUT2D eigenvalue weighted by molar-refractivity contribution is 5.91. The molecule has 0 amide bonds. The first-order valence-electron chi connectivity index (χ1n) is 8.82. The van der Waals surface area contributed by atoms with Crippen LogP contribution in [0.15, 0.2) is 24.7 Å². The summed E-state index contributed by atoms with van der Waals surface area (Å²) >= 11 is 0. The van der Waals surface area contributed by atoms with Crippen LogP contribution in [0.25, 0.3) is 22.4 Å². The molecule has 0 fully saturated rings. The summed E-state index contributed by atoms with van der Waals surface area (Å²) in [6.45, 7) is 7.80. The molecule has 3 heterocycles. The van der Waals surface area contributed by atoms with E-state index in [1.54, 1.807) is 12.4 Å². The van der Waals surface area contributed by atoms with E-state index in [1.807, 2.05) is 33.8 Å². The number of aryl methyl sites for hydroxylation is 1. The van der Waals surface area contributed by atoms with Crippen LogP contribution in [-0.4, -0.2) is 31.0 Å². The normalized spacial score (nSPS) is 13.1. The molecule has 1 atom stereocenters. The highest BCUT2D eigenvalue weighted by Crippen LogP contribution is 2.33. The maximum Gasteiger partial charge on any atom is 0.303 e. The quantitative estimate of drug-likeness (QED) is 0.704. The Morgan fingerprint density at radius 3 is 2.70 bits per heavy atom. The van der Waals surface area contributed by atoms with E-state index in [0.717, 1.165) is 22.7 Å². The molecule has 2 N–H and O–H groups in total. The van der Waals surface area contributed by atoms with Crippen LogP contribution in [0.4, 0.5) is 4.39 Å². The van der Waals surface area contributed by atoms with E-state index in [2.05, 4.69) is 19.9 Å². The largest absolute Gasteiger partial charge is 0.481 e. The summed E-state index contributed by atoms with van der Waals surface area (Å²) in [5, 5.41) is 10.1. The topological polar surface area (TPSA) is 91.8 Å². The van der Waals surface area contributed by atoms with Crippen molar-refractivity contribution >= 4 is 17.0 Å². The van der Waals surface area contributed by atoms with Crippen molar-refractivity contribution in [2.75, 3.05) is 0 Å². The lowest BCUT2D eigenvalue weighted by molar-refractivity contribution is -0.139. The summed E-state index contributed by atoms with van der Waals surface area (Å²) in [5.41, 5.74) is 2.39. The first kappa shape index (κ1) is 18.9. The second kappa shape index (κ2) is 7.06.